The van der Waals surface area contributed by atoms with E-state index in [-0.39, 0.29) is 9.85 Å². The lowest BCUT2D eigenvalue weighted by atomic mass is 10.0. The standard InChI is InChI=1S/C15H12Br2ClFO/c1-2-20-13-7-6-9(8-11(13)16)14(17)10-4-3-5-12(19)15(10)18/h3-8,14H,2H2,1H3. The summed E-state index contributed by atoms with van der Waals surface area (Å²) in [4.78, 5) is -0.183. The Kier molecular flexibility index (Phi) is 5.47. The number of alkyl halides is 1. The van der Waals surface area contributed by atoms with Gasteiger partial charge in [-0.2, -0.15) is 0 Å². The van der Waals surface area contributed by atoms with E-state index in [1.54, 1.807) is 12.1 Å². The first kappa shape index (κ1) is 15.8. The van der Waals surface area contributed by atoms with Gasteiger partial charge in [0, 0.05) is 0 Å². The zero-order chi connectivity index (χ0) is 14.7. The molecule has 0 amide bonds. The molecule has 0 bridgehead atoms. The van der Waals surface area contributed by atoms with Gasteiger partial charge in [0.15, 0.2) is 0 Å². The molecule has 0 aliphatic rings. The van der Waals surface area contributed by atoms with E-state index in [1.165, 1.54) is 6.07 Å². The molecule has 20 heavy (non-hydrogen) atoms. The molecule has 0 radical (unpaired) electrons. The van der Waals surface area contributed by atoms with E-state index < -0.39 is 5.82 Å². The highest BCUT2D eigenvalue weighted by Crippen LogP contribution is 2.38. The second kappa shape index (κ2) is 6.92. The number of hydrogen-bond acceptors (Lipinski definition) is 1. The normalized spacial score (nSPS) is 12.2. The van der Waals surface area contributed by atoms with Crippen LogP contribution in [0.25, 0.3) is 0 Å². The van der Waals surface area contributed by atoms with Crippen LogP contribution in [0.4, 0.5) is 4.39 Å². The molecule has 0 spiro atoms. The molecule has 1 unspecified atom stereocenters. The topological polar surface area (TPSA) is 9.23 Å². The van der Waals surface area contributed by atoms with Crippen LogP contribution in [0.1, 0.15) is 22.9 Å². The van der Waals surface area contributed by atoms with Crippen LogP contribution in [0.2, 0.25) is 5.02 Å². The third kappa shape index (κ3) is 3.35. The van der Waals surface area contributed by atoms with Gasteiger partial charge in [0.1, 0.15) is 11.6 Å². The Morgan fingerprint density at radius 3 is 2.70 bits per heavy atom. The van der Waals surface area contributed by atoms with Crippen molar-refractivity contribution in [1.29, 1.82) is 0 Å². The number of benzene rings is 2. The summed E-state index contributed by atoms with van der Waals surface area (Å²) in [5, 5.41) is 0.138. The summed E-state index contributed by atoms with van der Waals surface area (Å²) < 4.78 is 19.8. The van der Waals surface area contributed by atoms with Crippen LogP contribution in [-0.4, -0.2) is 6.61 Å². The van der Waals surface area contributed by atoms with Crippen LogP contribution in [0, 0.1) is 5.82 Å². The molecule has 0 saturated carbocycles. The van der Waals surface area contributed by atoms with Crippen molar-refractivity contribution in [2.24, 2.45) is 0 Å². The van der Waals surface area contributed by atoms with Gasteiger partial charge < -0.3 is 4.74 Å². The zero-order valence-electron chi connectivity index (χ0n) is 10.7. The number of rotatable bonds is 4. The average Bonchev–Trinajstić information content (AvgIpc) is 2.43. The van der Waals surface area contributed by atoms with Crippen LogP contribution in [0.15, 0.2) is 40.9 Å². The van der Waals surface area contributed by atoms with Crippen molar-refractivity contribution in [2.75, 3.05) is 6.61 Å². The van der Waals surface area contributed by atoms with E-state index in [1.807, 2.05) is 25.1 Å². The number of ether oxygens (including phenoxy) is 1. The van der Waals surface area contributed by atoms with Gasteiger partial charge in [0.25, 0.3) is 0 Å². The highest BCUT2D eigenvalue weighted by atomic mass is 79.9. The van der Waals surface area contributed by atoms with Crippen LogP contribution < -0.4 is 4.74 Å². The van der Waals surface area contributed by atoms with Gasteiger partial charge >= 0.3 is 0 Å². The van der Waals surface area contributed by atoms with Crippen LogP contribution in [0.5, 0.6) is 5.75 Å². The summed E-state index contributed by atoms with van der Waals surface area (Å²) in [5.41, 5.74) is 1.66. The second-order valence-corrected chi connectivity index (χ2v) is 6.28. The molecule has 106 valence electrons. The maximum Gasteiger partial charge on any atom is 0.142 e. The Hall–Kier alpha value is -0.580. The fraction of sp³-hybridized carbons (Fsp3) is 0.200. The fourth-order valence-electron chi connectivity index (χ4n) is 1.84. The summed E-state index contributed by atoms with van der Waals surface area (Å²) in [6.45, 7) is 2.53. The van der Waals surface area contributed by atoms with Gasteiger partial charge in [0.05, 0.1) is 20.9 Å². The highest BCUT2D eigenvalue weighted by Gasteiger charge is 2.17. The van der Waals surface area contributed by atoms with E-state index in [4.69, 9.17) is 16.3 Å². The van der Waals surface area contributed by atoms with Crippen molar-refractivity contribution >= 4 is 43.5 Å². The molecule has 0 aliphatic heterocycles. The molecular weight excluding hydrogens is 410 g/mol. The number of halogens is 4. The molecule has 2 rings (SSSR count). The second-order valence-electron chi connectivity index (χ2n) is 4.13. The molecule has 0 N–H and O–H groups in total. The van der Waals surface area contributed by atoms with Crippen molar-refractivity contribution in [1.82, 2.24) is 0 Å². The van der Waals surface area contributed by atoms with Crippen molar-refractivity contribution in [3.8, 4) is 5.75 Å². The zero-order valence-corrected chi connectivity index (χ0v) is 14.6. The van der Waals surface area contributed by atoms with E-state index >= 15 is 0 Å². The Morgan fingerprint density at radius 2 is 2.05 bits per heavy atom. The minimum absolute atomic E-state index is 0.138. The third-order valence-electron chi connectivity index (χ3n) is 2.80. The molecule has 0 saturated heterocycles. The van der Waals surface area contributed by atoms with Crippen molar-refractivity contribution in [2.45, 2.75) is 11.8 Å². The Balaban J connectivity index is 2.36. The summed E-state index contributed by atoms with van der Waals surface area (Å²) in [6.07, 6.45) is 0. The summed E-state index contributed by atoms with van der Waals surface area (Å²) in [6, 6.07) is 10.5. The Bertz CT molecular complexity index is 619. The van der Waals surface area contributed by atoms with Crippen LogP contribution >= 0.6 is 43.5 Å². The predicted octanol–water partition coefficient (Wildman–Crippen LogP) is 6.12. The minimum Gasteiger partial charge on any atom is -0.493 e. The lowest BCUT2D eigenvalue weighted by molar-refractivity contribution is 0.338. The SMILES string of the molecule is CCOc1ccc(C(Br)c2cccc(F)c2Cl)cc1Br. The maximum atomic E-state index is 13.5. The molecule has 0 aliphatic carbocycles. The quantitative estimate of drug-likeness (QED) is 0.539. The van der Waals surface area contributed by atoms with Gasteiger partial charge in [-0.05, 0) is 52.2 Å². The average molecular weight is 423 g/mol. The molecule has 1 atom stereocenters. The Labute approximate surface area is 139 Å². The molecule has 1 nitrogen and oxygen atoms in total. The van der Waals surface area contributed by atoms with Gasteiger partial charge in [-0.3, -0.25) is 0 Å². The lowest BCUT2D eigenvalue weighted by Gasteiger charge is -2.14. The molecule has 0 fully saturated rings. The molecule has 2 aromatic rings. The molecule has 0 heterocycles. The third-order valence-corrected chi connectivity index (χ3v) is 4.84. The van der Waals surface area contributed by atoms with Crippen LogP contribution in [-0.2, 0) is 0 Å². The first-order valence-corrected chi connectivity index (χ1v) is 8.13. The van der Waals surface area contributed by atoms with Gasteiger partial charge in [-0.1, -0.05) is 45.7 Å². The van der Waals surface area contributed by atoms with Gasteiger partial charge in [0.2, 0.25) is 0 Å². The highest BCUT2D eigenvalue weighted by molar-refractivity contribution is 9.10. The first-order chi connectivity index (χ1) is 9.54. The molecule has 2 aromatic carbocycles. The summed E-state index contributed by atoms with van der Waals surface area (Å²) >= 11 is 13.1. The van der Waals surface area contributed by atoms with Crippen LogP contribution in [0.3, 0.4) is 0 Å². The molecule has 0 aromatic heterocycles. The van der Waals surface area contributed by atoms with E-state index in [2.05, 4.69) is 31.9 Å². The van der Waals surface area contributed by atoms with E-state index in [9.17, 15) is 4.39 Å². The maximum absolute atomic E-state index is 13.5. The smallest absolute Gasteiger partial charge is 0.142 e. The Morgan fingerprint density at radius 1 is 1.30 bits per heavy atom. The minimum atomic E-state index is -0.418. The fourth-order valence-corrected chi connectivity index (χ4v) is 3.39. The summed E-state index contributed by atoms with van der Waals surface area (Å²) in [5.74, 6) is 0.361. The largest absolute Gasteiger partial charge is 0.493 e. The van der Waals surface area contributed by atoms with Crippen molar-refractivity contribution in [3.05, 3.63) is 62.8 Å². The van der Waals surface area contributed by atoms with Crippen molar-refractivity contribution in [3.63, 3.8) is 0 Å². The summed E-state index contributed by atoms with van der Waals surface area (Å²) in [7, 11) is 0. The first-order valence-electron chi connectivity index (χ1n) is 6.04. The van der Waals surface area contributed by atoms with E-state index in [0.717, 1.165) is 15.8 Å². The molecule has 5 heteroatoms. The lowest BCUT2D eigenvalue weighted by Crippen LogP contribution is -1.97. The predicted molar refractivity (Wildman–Crippen MR) is 87.5 cm³/mol. The monoisotopic (exact) mass is 420 g/mol. The van der Waals surface area contributed by atoms with Crippen molar-refractivity contribution < 1.29 is 9.13 Å². The molecular formula is C15H12Br2ClFO. The number of hydrogen-bond donors (Lipinski definition) is 0. The van der Waals surface area contributed by atoms with Gasteiger partial charge in [-0.15, -0.1) is 0 Å². The van der Waals surface area contributed by atoms with E-state index in [0.29, 0.717) is 12.2 Å². The van der Waals surface area contributed by atoms with Gasteiger partial charge in [-0.25, -0.2) is 4.39 Å².